The zero-order valence-corrected chi connectivity index (χ0v) is 44.7. The van der Waals surface area contributed by atoms with Gasteiger partial charge in [0.1, 0.15) is 5.78 Å². The van der Waals surface area contributed by atoms with Crippen LogP contribution in [-0.4, -0.2) is 104 Å². The largest absolute Gasteiger partial charge is 0.481 e. The van der Waals surface area contributed by atoms with Crippen molar-refractivity contribution in [2.24, 2.45) is 103 Å². The number of ketones is 1. The van der Waals surface area contributed by atoms with E-state index in [1.54, 1.807) is 0 Å². The molecule has 0 heterocycles. The predicted molar refractivity (Wildman–Crippen MR) is 277 cm³/mol. The maximum absolute atomic E-state index is 12.2. The molecule has 12 nitrogen and oxygen atoms in total. The van der Waals surface area contributed by atoms with Gasteiger partial charge in [0.25, 0.3) is 5.97 Å². The van der Waals surface area contributed by atoms with Crippen LogP contribution in [0.15, 0.2) is 24.3 Å². The second-order valence-electron chi connectivity index (χ2n) is 26.3. The Balaban J connectivity index is 0.000000166. The molecule has 402 valence electrons. The topological polar surface area (TPSA) is 254 Å². The maximum Gasteiger partial charge on any atom is 0.300 e. The molecule has 0 amide bonds. The summed E-state index contributed by atoms with van der Waals surface area (Å²) in [6.45, 7) is 25.0. The molecule has 70 heavy (non-hydrogen) atoms. The van der Waals surface area contributed by atoms with Crippen molar-refractivity contribution in [1.82, 2.24) is 0 Å². The molecule has 9 aliphatic rings. The van der Waals surface area contributed by atoms with Crippen LogP contribution in [-0.2, 0) is 9.59 Å². The van der Waals surface area contributed by atoms with E-state index in [9.17, 15) is 35.4 Å². The molecule has 0 aliphatic heterocycles. The highest BCUT2D eigenvalue weighted by molar-refractivity contribution is 5.87. The second kappa shape index (κ2) is 22.2. The van der Waals surface area contributed by atoms with E-state index < -0.39 is 12.1 Å². The van der Waals surface area contributed by atoms with E-state index in [2.05, 4.69) is 54.7 Å². The van der Waals surface area contributed by atoms with Crippen LogP contribution in [0.25, 0.3) is 0 Å². The molecular weight excluding hydrogens is 883 g/mol. The predicted octanol–water partition coefficient (Wildman–Crippen LogP) is 7.67. The minimum atomic E-state index is -0.833. The van der Waals surface area contributed by atoms with Gasteiger partial charge in [-0.1, -0.05) is 65.8 Å². The lowest BCUT2D eigenvalue weighted by atomic mass is 9.52. The number of carbonyl (C=O) groups excluding carboxylic acids is 1. The summed E-state index contributed by atoms with van der Waals surface area (Å²) in [6, 6.07) is 0. The first kappa shape index (κ1) is 57.5. The average molecular weight is 984 g/mol. The number of aliphatic carboxylic acids is 1. The quantitative estimate of drug-likeness (QED) is 0.115. The van der Waals surface area contributed by atoms with E-state index >= 15 is 0 Å². The summed E-state index contributed by atoms with van der Waals surface area (Å²) in [5, 5.41) is 70.8. The minimum absolute atomic E-state index is 0.0135. The number of rotatable bonds is 6. The van der Waals surface area contributed by atoms with Crippen LogP contribution in [0.2, 0.25) is 0 Å². The SMILES string of the molecule is C=C1CCC2[C@H](O)C([C@@]3(C)CC[C@H](O)C[C@@H]3CN)CC[C@]12C.C=C1CCC2[C@H](O)C([C@@]3(C)CC[C@H](O)C[C@@H]3CN)CC[C@]12C.CC(=O)O.C[C@]12CCC([C@@]3(C)CC[C@H](O)C[C@@H]3CN)[C@@H](O)C1CCC2=O. The molecule has 0 spiro atoms. The molecule has 0 bridgehead atoms. The summed E-state index contributed by atoms with van der Waals surface area (Å²) in [7, 11) is 0. The lowest BCUT2D eigenvalue weighted by Gasteiger charge is -2.55. The smallest absolute Gasteiger partial charge is 0.300 e. The summed E-state index contributed by atoms with van der Waals surface area (Å²) in [5.74, 6) is 2.09. The summed E-state index contributed by atoms with van der Waals surface area (Å²) in [5.41, 5.74) is 20.9. The number of carboxylic acids is 1. The number of carboxylic acid groups (broad SMARTS) is 1. The van der Waals surface area contributed by atoms with Gasteiger partial charge < -0.3 is 52.9 Å². The number of allylic oxidation sites excluding steroid dienone is 2. The highest BCUT2D eigenvalue weighted by atomic mass is 16.4. The van der Waals surface area contributed by atoms with Crippen molar-refractivity contribution in [3.8, 4) is 0 Å². The fourth-order valence-electron chi connectivity index (χ4n) is 17.8. The lowest BCUT2D eigenvalue weighted by molar-refractivity contribution is -0.144. The van der Waals surface area contributed by atoms with Crippen LogP contribution in [0, 0.1) is 85.8 Å². The van der Waals surface area contributed by atoms with E-state index in [1.807, 2.05) is 0 Å². The Kier molecular flexibility index (Phi) is 18.3. The molecule has 6 unspecified atom stereocenters. The van der Waals surface area contributed by atoms with Gasteiger partial charge in [-0.3, -0.25) is 9.59 Å². The first-order valence-corrected chi connectivity index (χ1v) is 28.0. The summed E-state index contributed by atoms with van der Waals surface area (Å²) in [6.07, 6.45) is 18.2. The number of hydrogen-bond donors (Lipinski definition) is 10. The number of carbonyl (C=O) groups is 2. The van der Waals surface area contributed by atoms with Crippen LogP contribution in [0.4, 0.5) is 0 Å². The number of Topliss-reactive ketones (excluding diaryl/α,β-unsaturated/α-hetero) is 1. The molecule has 0 aromatic rings. The zero-order valence-electron chi connectivity index (χ0n) is 44.7. The number of aliphatic hydroxyl groups excluding tert-OH is 6. The molecule has 9 rings (SSSR count). The Morgan fingerprint density at radius 1 is 0.471 bits per heavy atom. The maximum atomic E-state index is 12.2. The van der Waals surface area contributed by atoms with Crippen molar-refractivity contribution in [2.75, 3.05) is 19.6 Å². The van der Waals surface area contributed by atoms with E-state index in [4.69, 9.17) is 27.1 Å². The normalized spacial score (nSPS) is 49.9. The Bertz CT molecular complexity index is 1650. The van der Waals surface area contributed by atoms with Gasteiger partial charge in [0.05, 0.1) is 36.6 Å². The fraction of sp³-hybridized carbons (Fsp3) is 0.897. The molecule has 0 radical (unpaired) electrons. The highest BCUT2D eigenvalue weighted by Crippen LogP contribution is 2.63. The third-order valence-corrected chi connectivity index (χ3v) is 23.2. The van der Waals surface area contributed by atoms with Crippen molar-refractivity contribution >= 4 is 11.8 Å². The molecule has 13 N–H and O–H groups in total. The van der Waals surface area contributed by atoms with E-state index in [1.165, 1.54) is 11.1 Å². The third-order valence-electron chi connectivity index (χ3n) is 23.2. The Morgan fingerprint density at radius 2 is 0.743 bits per heavy atom. The van der Waals surface area contributed by atoms with E-state index in [0.29, 0.717) is 67.3 Å². The second-order valence-corrected chi connectivity index (χ2v) is 26.3. The number of hydrogen-bond acceptors (Lipinski definition) is 11. The van der Waals surface area contributed by atoms with E-state index in [0.717, 1.165) is 135 Å². The number of nitrogens with two attached hydrogens (primary N) is 3. The number of aliphatic hydroxyl groups is 6. The minimum Gasteiger partial charge on any atom is -0.481 e. The van der Waals surface area contributed by atoms with Crippen molar-refractivity contribution in [1.29, 1.82) is 0 Å². The van der Waals surface area contributed by atoms with Gasteiger partial charge >= 0.3 is 0 Å². The van der Waals surface area contributed by atoms with Gasteiger partial charge in [-0.05, 0) is 228 Å². The third kappa shape index (κ3) is 10.6. The molecule has 21 atom stereocenters. The van der Waals surface area contributed by atoms with Gasteiger partial charge in [0.2, 0.25) is 0 Å². The van der Waals surface area contributed by atoms with Crippen molar-refractivity contribution in [2.45, 2.75) is 220 Å². The summed E-state index contributed by atoms with van der Waals surface area (Å²) < 4.78 is 0. The molecule has 9 aliphatic carbocycles. The molecular formula is C58H101N3O9. The number of fused-ring (bicyclic) bond motifs is 3. The van der Waals surface area contributed by atoms with Gasteiger partial charge in [0, 0.05) is 18.8 Å². The van der Waals surface area contributed by atoms with Gasteiger partial charge in [-0.2, -0.15) is 0 Å². The summed E-state index contributed by atoms with van der Waals surface area (Å²) >= 11 is 0. The van der Waals surface area contributed by atoms with Crippen molar-refractivity contribution in [3.05, 3.63) is 24.3 Å². The summed E-state index contributed by atoms with van der Waals surface area (Å²) in [4.78, 5) is 21.2. The zero-order chi connectivity index (χ0) is 51.9. The molecule has 12 heteroatoms. The van der Waals surface area contributed by atoms with E-state index in [-0.39, 0.29) is 80.8 Å². The van der Waals surface area contributed by atoms with Crippen molar-refractivity contribution in [3.63, 3.8) is 0 Å². The van der Waals surface area contributed by atoms with Gasteiger partial charge in [-0.15, -0.1) is 0 Å². The lowest BCUT2D eigenvalue weighted by Crippen LogP contribution is -2.54. The Hall–Kier alpha value is -1.74. The standard InChI is InChI=1S/2C19H33NO2.C18H31NO3.C2H4O2/c2*1-12-4-5-15-17(22)16(7-9-18(12,15)2)19(3)8-6-14(21)10-13(19)11-20;1-17(7-5-12(20)9-11(17)10-19)14-6-8-18(2)13(16(14)22)3-4-15(18)21;1-2(3)4/h2*13-17,21-22H,1,4-11,20H2,2-3H3;11-14,16,20,22H,3-10,19H2,1-2H3;1H3,(H,3,4)/t2*13-,14+,15?,16?,17+,18-,19+;11-,12+,13?,14?,16+,17+,18+;/m111./s1. The monoisotopic (exact) mass is 984 g/mol. The molecule has 9 saturated carbocycles. The fourth-order valence-corrected chi connectivity index (χ4v) is 17.8. The van der Waals surface area contributed by atoms with Gasteiger partial charge in [-0.25, -0.2) is 0 Å². The Labute approximate surface area is 422 Å². The molecule has 9 fully saturated rings. The van der Waals surface area contributed by atoms with Crippen LogP contribution >= 0.6 is 0 Å². The van der Waals surface area contributed by atoms with Gasteiger partial charge in [0.15, 0.2) is 0 Å². The van der Waals surface area contributed by atoms with Crippen LogP contribution in [0.1, 0.15) is 183 Å². The molecule has 0 aromatic heterocycles. The van der Waals surface area contributed by atoms with Crippen LogP contribution in [0.5, 0.6) is 0 Å². The molecule has 0 saturated heterocycles. The van der Waals surface area contributed by atoms with Crippen LogP contribution in [0.3, 0.4) is 0 Å². The molecule has 0 aromatic carbocycles. The Morgan fingerprint density at radius 3 is 1.04 bits per heavy atom. The highest BCUT2D eigenvalue weighted by Gasteiger charge is 2.60. The average Bonchev–Trinajstić information content (AvgIpc) is 3.91. The first-order chi connectivity index (χ1) is 32.7. The van der Waals surface area contributed by atoms with Crippen molar-refractivity contribution < 1.29 is 45.3 Å². The first-order valence-electron chi connectivity index (χ1n) is 28.0. The van der Waals surface area contributed by atoms with Crippen LogP contribution < -0.4 is 17.2 Å².